The minimum atomic E-state index is -0.214. The van der Waals surface area contributed by atoms with Gasteiger partial charge in [0.1, 0.15) is 11.5 Å². The van der Waals surface area contributed by atoms with Crippen molar-refractivity contribution in [3.05, 3.63) is 53.6 Å². The molecule has 1 N–H and O–H groups in total. The fourth-order valence-corrected chi connectivity index (χ4v) is 3.04. The van der Waals surface area contributed by atoms with Crippen molar-refractivity contribution in [2.24, 2.45) is 0 Å². The number of amides is 2. The van der Waals surface area contributed by atoms with Gasteiger partial charge in [-0.25, -0.2) is 4.79 Å². The number of methoxy groups -OCH3 is 2. The maximum Gasteiger partial charge on any atom is 0.317 e. The van der Waals surface area contributed by atoms with Crippen molar-refractivity contribution in [1.29, 1.82) is 0 Å². The summed E-state index contributed by atoms with van der Waals surface area (Å²) in [4.78, 5) is 15.4. The molecule has 0 fully saturated rings. The second kappa shape index (κ2) is 10.9. The molecule has 2 amide bonds. The Kier molecular flexibility index (Phi) is 9.32. The first-order valence-electron chi connectivity index (χ1n) is 8.35. The summed E-state index contributed by atoms with van der Waals surface area (Å²) in [5.74, 6) is 1.44. The molecule has 7 heteroatoms. The molecule has 148 valence electrons. The van der Waals surface area contributed by atoms with Crippen LogP contribution in [0.3, 0.4) is 0 Å². The van der Waals surface area contributed by atoms with Gasteiger partial charge in [-0.2, -0.15) is 0 Å². The number of rotatable bonds is 7. The zero-order valence-corrected chi connectivity index (χ0v) is 17.9. The lowest BCUT2D eigenvalue weighted by atomic mass is 10.1. The molecule has 2 aromatic rings. The van der Waals surface area contributed by atoms with Crippen molar-refractivity contribution in [3.8, 4) is 11.5 Å². The van der Waals surface area contributed by atoms with Gasteiger partial charge in [-0.1, -0.05) is 12.1 Å². The number of nitrogens with zero attached hydrogens (tertiary/aromatic N) is 1. The molecule has 1 unspecified atom stereocenters. The Bertz CT molecular complexity index is 741. The topological polar surface area (TPSA) is 50.8 Å². The molecule has 1 atom stereocenters. The number of ether oxygens (including phenoxy) is 2. The van der Waals surface area contributed by atoms with E-state index in [4.69, 9.17) is 9.47 Å². The van der Waals surface area contributed by atoms with E-state index in [1.165, 1.54) is 4.90 Å². The Morgan fingerprint density at radius 2 is 1.81 bits per heavy atom. The molecule has 2 aromatic carbocycles. The van der Waals surface area contributed by atoms with E-state index in [1.54, 1.807) is 37.9 Å². The fourth-order valence-electron chi connectivity index (χ4n) is 2.63. The highest BCUT2D eigenvalue weighted by Crippen LogP contribution is 2.29. The van der Waals surface area contributed by atoms with Crippen molar-refractivity contribution in [1.82, 2.24) is 10.2 Å². The quantitative estimate of drug-likeness (QED) is 0.669. The van der Waals surface area contributed by atoms with Crippen molar-refractivity contribution in [2.45, 2.75) is 24.4 Å². The summed E-state index contributed by atoms with van der Waals surface area (Å²) >= 11 is 1.70. The second-order valence-corrected chi connectivity index (χ2v) is 6.86. The Labute approximate surface area is 171 Å². The third-order valence-electron chi connectivity index (χ3n) is 4.17. The Morgan fingerprint density at radius 1 is 1.15 bits per heavy atom. The van der Waals surface area contributed by atoms with Crippen LogP contribution in [0.15, 0.2) is 47.4 Å². The molecule has 0 saturated carbocycles. The number of hydrogen-bond donors (Lipinski definition) is 1. The van der Waals surface area contributed by atoms with Crippen LogP contribution in [0.2, 0.25) is 0 Å². The average molecular weight is 411 g/mol. The number of hydrogen-bond acceptors (Lipinski definition) is 4. The van der Waals surface area contributed by atoms with Crippen molar-refractivity contribution in [3.63, 3.8) is 0 Å². The fraction of sp³-hybridized carbons (Fsp3) is 0.350. The average Bonchev–Trinajstić information content (AvgIpc) is 2.67. The van der Waals surface area contributed by atoms with Gasteiger partial charge in [-0.05, 0) is 49.1 Å². The molecule has 5 nitrogen and oxygen atoms in total. The molecule has 0 spiro atoms. The summed E-state index contributed by atoms with van der Waals surface area (Å²) < 4.78 is 10.7. The first-order valence-corrected chi connectivity index (χ1v) is 9.57. The predicted molar refractivity (Wildman–Crippen MR) is 113 cm³/mol. The van der Waals surface area contributed by atoms with Gasteiger partial charge in [-0.3, -0.25) is 0 Å². The molecular weight excluding hydrogens is 384 g/mol. The molecule has 0 aromatic heterocycles. The van der Waals surface area contributed by atoms with Crippen LogP contribution in [-0.4, -0.2) is 38.5 Å². The number of carbonyl (C=O) groups excluding carboxylic acids is 1. The molecule has 0 bridgehead atoms. The largest absolute Gasteiger partial charge is 0.497 e. The maximum atomic E-state index is 12.5. The molecule has 0 aliphatic heterocycles. The van der Waals surface area contributed by atoms with Crippen LogP contribution in [-0.2, 0) is 6.54 Å². The van der Waals surface area contributed by atoms with Crippen LogP contribution >= 0.6 is 24.2 Å². The summed E-state index contributed by atoms with van der Waals surface area (Å²) in [5, 5.41) is 3.01. The van der Waals surface area contributed by atoms with Gasteiger partial charge in [0.05, 0.1) is 20.3 Å². The first-order chi connectivity index (χ1) is 12.5. The lowest BCUT2D eigenvalue weighted by Crippen LogP contribution is -2.38. The smallest absolute Gasteiger partial charge is 0.317 e. The minimum Gasteiger partial charge on any atom is -0.497 e. The zero-order chi connectivity index (χ0) is 19.1. The van der Waals surface area contributed by atoms with E-state index >= 15 is 0 Å². The minimum absolute atomic E-state index is 0. The summed E-state index contributed by atoms with van der Waals surface area (Å²) in [5.41, 5.74) is 1.96. The molecule has 27 heavy (non-hydrogen) atoms. The number of urea groups is 1. The molecule has 0 aliphatic carbocycles. The predicted octanol–water partition coefficient (Wildman–Crippen LogP) is 4.75. The summed E-state index contributed by atoms with van der Waals surface area (Å²) in [6.07, 6.45) is 2.04. The molecule has 0 aliphatic rings. The Morgan fingerprint density at radius 3 is 2.37 bits per heavy atom. The first kappa shape index (κ1) is 23.0. The zero-order valence-electron chi connectivity index (χ0n) is 16.3. The monoisotopic (exact) mass is 410 g/mol. The maximum absolute atomic E-state index is 12.5. The van der Waals surface area contributed by atoms with Gasteiger partial charge in [0.15, 0.2) is 0 Å². The summed E-state index contributed by atoms with van der Waals surface area (Å²) in [6, 6.07) is 13.4. The van der Waals surface area contributed by atoms with E-state index in [0.717, 1.165) is 16.9 Å². The third-order valence-corrected chi connectivity index (χ3v) is 4.91. The number of carbonyl (C=O) groups is 1. The Hall–Kier alpha value is -2.05. The van der Waals surface area contributed by atoms with E-state index < -0.39 is 0 Å². The van der Waals surface area contributed by atoms with Gasteiger partial charge >= 0.3 is 6.03 Å². The normalized spacial score (nSPS) is 11.1. The van der Waals surface area contributed by atoms with E-state index in [2.05, 4.69) is 17.4 Å². The Balaban J connectivity index is 0.00000364. The molecule has 0 saturated heterocycles. The van der Waals surface area contributed by atoms with Gasteiger partial charge in [0.2, 0.25) is 0 Å². The van der Waals surface area contributed by atoms with Gasteiger partial charge in [-0.15, -0.1) is 24.2 Å². The van der Waals surface area contributed by atoms with Gasteiger partial charge in [0, 0.05) is 24.1 Å². The highest BCUT2D eigenvalue weighted by atomic mass is 35.5. The van der Waals surface area contributed by atoms with Crippen LogP contribution in [0.4, 0.5) is 4.79 Å². The third kappa shape index (κ3) is 6.26. The van der Waals surface area contributed by atoms with Crippen LogP contribution in [0.5, 0.6) is 11.5 Å². The lowest BCUT2D eigenvalue weighted by molar-refractivity contribution is 0.203. The van der Waals surface area contributed by atoms with E-state index in [9.17, 15) is 4.79 Å². The van der Waals surface area contributed by atoms with Crippen LogP contribution in [0, 0.1) is 0 Å². The van der Waals surface area contributed by atoms with Crippen molar-refractivity contribution < 1.29 is 14.3 Å². The van der Waals surface area contributed by atoms with Gasteiger partial charge < -0.3 is 19.7 Å². The van der Waals surface area contributed by atoms with E-state index in [0.29, 0.717) is 12.3 Å². The standard InChI is InChI=1S/C20H26N2O3S.ClH/c1-14(18-12-16(24-3)8-11-19(18)25-4)21-20(23)22(2)13-15-6-9-17(26-5)10-7-15;/h6-12,14H,13H2,1-5H3,(H,21,23);1H. The SMILES string of the molecule is COc1ccc(OC)c(C(C)NC(=O)N(C)Cc2ccc(SC)cc2)c1.Cl. The molecule has 2 rings (SSSR count). The highest BCUT2D eigenvalue weighted by Gasteiger charge is 2.17. The van der Waals surface area contributed by atoms with Crippen LogP contribution in [0.1, 0.15) is 24.1 Å². The second-order valence-electron chi connectivity index (χ2n) is 5.98. The molecule has 0 heterocycles. The molecular formula is C20H27ClN2O3S. The summed E-state index contributed by atoms with van der Waals surface area (Å²) in [7, 11) is 5.02. The van der Waals surface area contributed by atoms with Crippen molar-refractivity contribution in [2.75, 3.05) is 27.5 Å². The lowest BCUT2D eigenvalue weighted by Gasteiger charge is -2.23. The van der Waals surface area contributed by atoms with E-state index in [1.807, 2.05) is 43.5 Å². The van der Waals surface area contributed by atoms with Crippen molar-refractivity contribution >= 4 is 30.2 Å². The van der Waals surface area contributed by atoms with Crippen LogP contribution in [0.25, 0.3) is 0 Å². The highest BCUT2D eigenvalue weighted by molar-refractivity contribution is 7.98. The summed E-state index contributed by atoms with van der Waals surface area (Å²) in [6.45, 7) is 2.47. The number of nitrogens with one attached hydrogen (secondary N) is 1. The number of thioether (sulfide) groups is 1. The van der Waals surface area contributed by atoms with Crippen LogP contribution < -0.4 is 14.8 Å². The van der Waals surface area contributed by atoms with Gasteiger partial charge in [0.25, 0.3) is 0 Å². The molecule has 0 radical (unpaired) electrons. The van der Waals surface area contributed by atoms with E-state index in [-0.39, 0.29) is 24.5 Å². The number of halogens is 1. The number of benzene rings is 2.